The van der Waals surface area contributed by atoms with Crippen LogP contribution in [-0.2, 0) is 6.42 Å². The maximum atomic E-state index is 12.1. The number of carbonyl (C=O) groups excluding carboxylic acids is 1. The summed E-state index contributed by atoms with van der Waals surface area (Å²) < 4.78 is 5.16. The molecule has 1 atom stereocenters. The number of nitrogens with one attached hydrogen (secondary N) is 2. The summed E-state index contributed by atoms with van der Waals surface area (Å²) in [5, 5.41) is 10.3. The average molecular weight is 307 g/mol. The van der Waals surface area contributed by atoms with Gasteiger partial charge in [0.2, 0.25) is 5.89 Å². The Morgan fingerprint density at radius 1 is 1.52 bits per heavy atom. The van der Waals surface area contributed by atoms with Crippen molar-refractivity contribution >= 4 is 22.4 Å². The van der Waals surface area contributed by atoms with Crippen molar-refractivity contribution in [3.8, 4) is 0 Å². The molecule has 0 radical (unpaired) electrons. The number of aryl methyl sites for hydroxylation is 2. The molecule has 0 aliphatic carbocycles. The zero-order valence-corrected chi connectivity index (χ0v) is 12.8. The van der Waals surface area contributed by atoms with Crippen LogP contribution in [-0.4, -0.2) is 27.6 Å². The predicted molar refractivity (Wildman–Crippen MR) is 78.5 cm³/mol. The van der Waals surface area contributed by atoms with Crippen molar-refractivity contribution in [3.63, 3.8) is 0 Å². The highest BCUT2D eigenvalue weighted by Gasteiger charge is 2.24. The fourth-order valence-electron chi connectivity index (χ4n) is 2.33. The SMILES string of the molecule is CCc1nc(NC(=O)c2noc(C3CCCN3)n2)sc1C. The second kappa shape index (κ2) is 5.90. The quantitative estimate of drug-likeness (QED) is 0.898. The highest BCUT2D eigenvalue weighted by Crippen LogP contribution is 2.23. The summed E-state index contributed by atoms with van der Waals surface area (Å²) in [6.45, 7) is 4.96. The molecule has 1 aliphatic heterocycles. The number of hydrogen-bond acceptors (Lipinski definition) is 7. The van der Waals surface area contributed by atoms with E-state index in [1.165, 1.54) is 11.3 Å². The van der Waals surface area contributed by atoms with Crippen molar-refractivity contribution in [1.82, 2.24) is 20.4 Å². The van der Waals surface area contributed by atoms with Gasteiger partial charge in [0.1, 0.15) is 0 Å². The van der Waals surface area contributed by atoms with Gasteiger partial charge in [-0.1, -0.05) is 12.1 Å². The molecule has 8 heteroatoms. The lowest BCUT2D eigenvalue weighted by atomic mass is 10.2. The molecule has 112 valence electrons. The fraction of sp³-hybridized carbons (Fsp3) is 0.538. The minimum absolute atomic E-state index is 0.0459. The minimum Gasteiger partial charge on any atom is -0.337 e. The van der Waals surface area contributed by atoms with E-state index in [9.17, 15) is 4.79 Å². The van der Waals surface area contributed by atoms with E-state index in [1.807, 2.05) is 13.8 Å². The Morgan fingerprint density at radius 2 is 2.38 bits per heavy atom. The lowest BCUT2D eigenvalue weighted by molar-refractivity contribution is 0.101. The molecule has 1 saturated heterocycles. The molecule has 3 rings (SSSR count). The highest BCUT2D eigenvalue weighted by molar-refractivity contribution is 7.15. The van der Waals surface area contributed by atoms with Gasteiger partial charge in [0.15, 0.2) is 5.13 Å². The summed E-state index contributed by atoms with van der Waals surface area (Å²) in [6, 6.07) is 0.0628. The molecule has 0 spiro atoms. The lowest BCUT2D eigenvalue weighted by Crippen LogP contribution is -2.15. The fourth-order valence-corrected chi connectivity index (χ4v) is 3.22. The minimum atomic E-state index is -0.389. The van der Waals surface area contributed by atoms with Gasteiger partial charge in [-0.15, -0.1) is 11.3 Å². The first-order valence-corrected chi connectivity index (χ1v) is 7.83. The van der Waals surface area contributed by atoms with Crippen molar-refractivity contribution in [1.29, 1.82) is 0 Å². The van der Waals surface area contributed by atoms with Crippen LogP contribution in [0.3, 0.4) is 0 Å². The molecule has 0 aromatic carbocycles. The van der Waals surface area contributed by atoms with Crippen LogP contribution in [0.15, 0.2) is 4.52 Å². The van der Waals surface area contributed by atoms with Crippen LogP contribution in [0.25, 0.3) is 0 Å². The van der Waals surface area contributed by atoms with Crippen molar-refractivity contribution < 1.29 is 9.32 Å². The predicted octanol–water partition coefficient (Wildman–Crippen LogP) is 2.07. The van der Waals surface area contributed by atoms with Crippen LogP contribution >= 0.6 is 11.3 Å². The molecule has 21 heavy (non-hydrogen) atoms. The molecule has 3 heterocycles. The molecule has 0 saturated carbocycles. The molecule has 2 aromatic heterocycles. The van der Waals surface area contributed by atoms with Crippen molar-refractivity contribution in [2.24, 2.45) is 0 Å². The van der Waals surface area contributed by atoms with E-state index < -0.39 is 0 Å². The lowest BCUT2D eigenvalue weighted by Gasteiger charge is -2.01. The van der Waals surface area contributed by atoms with E-state index in [-0.39, 0.29) is 17.8 Å². The van der Waals surface area contributed by atoms with Crippen molar-refractivity contribution in [3.05, 3.63) is 22.3 Å². The zero-order valence-electron chi connectivity index (χ0n) is 12.0. The molecule has 1 fully saturated rings. The van der Waals surface area contributed by atoms with E-state index in [0.717, 1.165) is 36.4 Å². The van der Waals surface area contributed by atoms with Gasteiger partial charge in [0.05, 0.1) is 11.7 Å². The number of amides is 1. The van der Waals surface area contributed by atoms with E-state index in [2.05, 4.69) is 25.8 Å². The second-order valence-corrected chi connectivity index (χ2v) is 6.14. The molecule has 1 amide bonds. The van der Waals surface area contributed by atoms with E-state index in [0.29, 0.717) is 11.0 Å². The molecule has 2 aromatic rings. The van der Waals surface area contributed by atoms with Gasteiger partial charge in [-0.3, -0.25) is 10.1 Å². The first kappa shape index (κ1) is 14.2. The molecule has 2 N–H and O–H groups in total. The number of hydrogen-bond donors (Lipinski definition) is 2. The molecule has 0 bridgehead atoms. The van der Waals surface area contributed by atoms with Gasteiger partial charge in [0, 0.05) is 4.88 Å². The van der Waals surface area contributed by atoms with Gasteiger partial charge in [-0.25, -0.2) is 4.98 Å². The number of nitrogens with zero attached hydrogens (tertiary/aromatic N) is 3. The van der Waals surface area contributed by atoms with E-state index in [1.54, 1.807) is 0 Å². The Morgan fingerprint density at radius 3 is 3.05 bits per heavy atom. The normalized spacial score (nSPS) is 18.1. The van der Waals surface area contributed by atoms with Crippen molar-refractivity contribution in [2.45, 2.75) is 39.2 Å². The molecular weight excluding hydrogens is 290 g/mol. The number of thiazole rings is 1. The third-order valence-electron chi connectivity index (χ3n) is 3.45. The first-order chi connectivity index (χ1) is 10.2. The number of carbonyl (C=O) groups is 1. The van der Waals surface area contributed by atoms with Gasteiger partial charge in [-0.2, -0.15) is 4.98 Å². The van der Waals surface area contributed by atoms with Crippen molar-refractivity contribution in [2.75, 3.05) is 11.9 Å². The molecular formula is C13H17N5O2S. The van der Waals surface area contributed by atoms with Crippen LogP contribution in [0.1, 0.15) is 52.9 Å². The second-order valence-electron chi connectivity index (χ2n) is 4.93. The van der Waals surface area contributed by atoms with E-state index >= 15 is 0 Å². The largest absolute Gasteiger partial charge is 0.337 e. The third kappa shape index (κ3) is 2.96. The smallest absolute Gasteiger partial charge is 0.298 e. The maximum absolute atomic E-state index is 12.1. The van der Waals surface area contributed by atoms with Crippen LogP contribution in [0.5, 0.6) is 0 Å². The third-order valence-corrected chi connectivity index (χ3v) is 4.38. The van der Waals surface area contributed by atoms with Crippen LogP contribution in [0.2, 0.25) is 0 Å². The first-order valence-electron chi connectivity index (χ1n) is 7.02. The van der Waals surface area contributed by atoms with Gasteiger partial charge >= 0.3 is 0 Å². The summed E-state index contributed by atoms with van der Waals surface area (Å²) in [5.74, 6) is 0.131. The molecule has 1 aliphatic rings. The maximum Gasteiger partial charge on any atom is 0.298 e. The monoisotopic (exact) mass is 307 g/mol. The van der Waals surface area contributed by atoms with Gasteiger partial charge in [-0.05, 0) is 32.7 Å². The Hall–Kier alpha value is -1.80. The number of anilines is 1. The standard InChI is InChI=1S/C13H17N5O2S/c1-3-8-7(2)21-13(15-8)17-11(19)10-16-12(20-18-10)9-5-4-6-14-9/h9,14H,3-6H2,1-2H3,(H,15,17,19). The van der Waals surface area contributed by atoms with Gasteiger partial charge in [0.25, 0.3) is 11.7 Å². The number of rotatable bonds is 4. The average Bonchev–Trinajstić information content (AvgIpc) is 3.18. The summed E-state index contributed by atoms with van der Waals surface area (Å²) in [7, 11) is 0. The molecule has 7 nitrogen and oxygen atoms in total. The van der Waals surface area contributed by atoms with E-state index in [4.69, 9.17) is 4.52 Å². The number of aromatic nitrogens is 3. The van der Waals surface area contributed by atoms with Gasteiger partial charge < -0.3 is 9.84 Å². The summed E-state index contributed by atoms with van der Waals surface area (Å²) in [4.78, 5) is 21.7. The topological polar surface area (TPSA) is 92.9 Å². The van der Waals surface area contributed by atoms with Crippen LogP contribution in [0, 0.1) is 6.92 Å². The van der Waals surface area contributed by atoms with Crippen LogP contribution < -0.4 is 10.6 Å². The summed E-state index contributed by atoms with van der Waals surface area (Å²) >= 11 is 1.45. The summed E-state index contributed by atoms with van der Waals surface area (Å²) in [5.41, 5.74) is 0.999. The Bertz CT molecular complexity index is 645. The Balaban J connectivity index is 1.69. The Labute approximate surface area is 126 Å². The Kier molecular flexibility index (Phi) is 3.98. The highest BCUT2D eigenvalue weighted by atomic mass is 32.1. The molecule has 1 unspecified atom stereocenters. The zero-order chi connectivity index (χ0) is 14.8. The van der Waals surface area contributed by atoms with Crippen LogP contribution in [0.4, 0.5) is 5.13 Å². The summed E-state index contributed by atoms with van der Waals surface area (Å²) in [6.07, 6.45) is 2.87.